The SMILES string of the molecule is OC(O)C(C1CCC1)C1CCSC1. The molecule has 1 saturated carbocycles. The molecular weight excluding hydrogens is 184 g/mol. The van der Waals surface area contributed by atoms with E-state index in [9.17, 15) is 10.2 Å². The smallest absolute Gasteiger partial charge is 0.154 e. The third-order valence-electron chi connectivity index (χ3n) is 3.55. The second-order valence-corrected chi connectivity index (χ2v) is 5.46. The minimum atomic E-state index is -1.08. The van der Waals surface area contributed by atoms with Crippen LogP contribution >= 0.6 is 11.8 Å². The molecule has 3 heteroatoms. The van der Waals surface area contributed by atoms with Crippen LogP contribution in [0.15, 0.2) is 0 Å². The fourth-order valence-electron chi connectivity index (χ4n) is 2.55. The molecule has 2 N–H and O–H groups in total. The van der Waals surface area contributed by atoms with Crippen molar-refractivity contribution in [3.63, 3.8) is 0 Å². The van der Waals surface area contributed by atoms with E-state index in [0.717, 1.165) is 5.75 Å². The number of rotatable bonds is 3. The van der Waals surface area contributed by atoms with Gasteiger partial charge in [-0.3, -0.25) is 0 Å². The molecule has 2 nitrogen and oxygen atoms in total. The van der Waals surface area contributed by atoms with E-state index >= 15 is 0 Å². The Balaban J connectivity index is 1.94. The van der Waals surface area contributed by atoms with E-state index in [1.807, 2.05) is 11.8 Å². The lowest BCUT2D eigenvalue weighted by Gasteiger charge is -2.38. The third-order valence-corrected chi connectivity index (χ3v) is 4.74. The van der Waals surface area contributed by atoms with Gasteiger partial charge in [-0.05, 0) is 42.6 Å². The molecule has 2 atom stereocenters. The topological polar surface area (TPSA) is 40.5 Å². The molecular formula is C10H18O2S. The van der Waals surface area contributed by atoms with Gasteiger partial charge in [0.2, 0.25) is 0 Å². The van der Waals surface area contributed by atoms with Crippen molar-refractivity contribution in [2.24, 2.45) is 17.8 Å². The van der Waals surface area contributed by atoms with Crippen LogP contribution in [0.1, 0.15) is 25.7 Å². The number of thioether (sulfide) groups is 1. The zero-order valence-electron chi connectivity index (χ0n) is 7.85. The van der Waals surface area contributed by atoms with E-state index in [-0.39, 0.29) is 5.92 Å². The quantitative estimate of drug-likeness (QED) is 0.681. The summed E-state index contributed by atoms with van der Waals surface area (Å²) in [7, 11) is 0. The van der Waals surface area contributed by atoms with E-state index in [4.69, 9.17) is 0 Å². The highest BCUT2D eigenvalue weighted by molar-refractivity contribution is 7.99. The van der Waals surface area contributed by atoms with Crippen LogP contribution in [0.4, 0.5) is 0 Å². The second kappa shape index (κ2) is 4.20. The molecule has 2 unspecified atom stereocenters. The van der Waals surface area contributed by atoms with Gasteiger partial charge in [0, 0.05) is 5.92 Å². The summed E-state index contributed by atoms with van der Waals surface area (Å²) >= 11 is 1.96. The Kier molecular flexibility index (Phi) is 3.17. The van der Waals surface area contributed by atoms with E-state index in [2.05, 4.69) is 0 Å². The Morgan fingerprint density at radius 1 is 1.08 bits per heavy atom. The Labute approximate surface area is 83.7 Å². The minimum absolute atomic E-state index is 0.170. The molecule has 13 heavy (non-hydrogen) atoms. The Morgan fingerprint density at radius 3 is 2.23 bits per heavy atom. The van der Waals surface area contributed by atoms with Crippen LogP contribution in [0.2, 0.25) is 0 Å². The van der Waals surface area contributed by atoms with Gasteiger partial charge in [0.15, 0.2) is 6.29 Å². The summed E-state index contributed by atoms with van der Waals surface area (Å²) in [4.78, 5) is 0. The van der Waals surface area contributed by atoms with E-state index in [0.29, 0.717) is 11.8 Å². The van der Waals surface area contributed by atoms with E-state index in [1.54, 1.807) is 0 Å². The van der Waals surface area contributed by atoms with Crippen LogP contribution in [-0.2, 0) is 0 Å². The second-order valence-electron chi connectivity index (χ2n) is 4.31. The minimum Gasteiger partial charge on any atom is -0.368 e. The maximum Gasteiger partial charge on any atom is 0.154 e. The molecule has 0 aromatic carbocycles. The predicted molar refractivity (Wildman–Crippen MR) is 54.5 cm³/mol. The lowest BCUT2D eigenvalue weighted by atomic mass is 9.70. The van der Waals surface area contributed by atoms with Crippen LogP contribution < -0.4 is 0 Å². The number of aliphatic hydroxyl groups is 2. The summed E-state index contributed by atoms with van der Waals surface area (Å²) < 4.78 is 0. The highest BCUT2D eigenvalue weighted by Crippen LogP contribution is 2.43. The van der Waals surface area contributed by atoms with Crippen LogP contribution in [0.5, 0.6) is 0 Å². The zero-order chi connectivity index (χ0) is 9.26. The number of hydrogen-bond acceptors (Lipinski definition) is 3. The average molecular weight is 202 g/mol. The first-order chi connectivity index (χ1) is 6.29. The van der Waals surface area contributed by atoms with Crippen molar-refractivity contribution in [2.75, 3.05) is 11.5 Å². The Bertz CT molecular complexity index is 162. The monoisotopic (exact) mass is 202 g/mol. The molecule has 0 bridgehead atoms. The standard InChI is InChI=1S/C10H18O2S/c11-10(12)9(7-2-1-3-7)8-4-5-13-6-8/h7-12H,1-6H2. The van der Waals surface area contributed by atoms with E-state index in [1.165, 1.54) is 31.4 Å². The summed E-state index contributed by atoms with van der Waals surface area (Å²) in [6.07, 6.45) is 3.82. The molecule has 1 aliphatic carbocycles. The summed E-state index contributed by atoms with van der Waals surface area (Å²) in [6, 6.07) is 0. The molecule has 0 spiro atoms. The molecule has 2 rings (SSSR count). The first-order valence-electron chi connectivity index (χ1n) is 5.23. The summed E-state index contributed by atoms with van der Waals surface area (Å²) in [6.45, 7) is 0. The highest BCUT2D eigenvalue weighted by Gasteiger charge is 2.38. The fourth-order valence-corrected chi connectivity index (χ4v) is 3.88. The molecule has 1 heterocycles. The molecule has 0 amide bonds. The molecule has 2 aliphatic rings. The number of hydrogen-bond donors (Lipinski definition) is 2. The van der Waals surface area contributed by atoms with Crippen molar-refractivity contribution in [3.05, 3.63) is 0 Å². The van der Waals surface area contributed by atoms with Crippen molar-refractivity contribution in [1.29, 1.82) is 0 Å². The largest absolute Gasteiger partial charge is 0.368 e. The Hall–Kier alpha value is 0.270. The van der Waals surface area contributed by atoms with Gasteiger partial charge in [0.05, 0.1) is 0 Å². The molecule has 1 aliphatic heterocycles. The van der Waals surface area contributed by atoms with Crippen molar-refractivity contribution >= 4 is 11.8 Å². The maximum absolute atomic E-state index is 9.35. The predicted octanol–water partition coefficient (Wildman–Crippen LogP) is 1.47. The van der Waals surface area contributed by atoms with Crippen molar-refractivity contribution in [2.45, 2.75) is 32.0 Å². The Morgan fingerprint density at radius 2 is 1.85 bits per heavy atom. The maximum atomic E-state index is 9.35. The van der Waals surface area contributed by atoms with Gasteiger partial charge in [-0.2, -0.15) is 11.8 Å². The normalized spacial score (nSPS) is 32.1. The van der Waals surface area contributed by atoms with Crippen LogP contribution in [0.3, 0.4) is 0 Å². The molecule has 76 valence electrons. The van der Waals surface area contributed by atoms with Gasteiger partial charge in [-0.1, -0.05) is 6.42 Å². The average Bonchev–Trinajstić information content (AvgIpc) is 2.46. The molecule has 0 aromatic heterocycles. The van der Waals surface area contributed by atoms with Crippen LogP contribution in [-0.4, -0.2) is 28.0 Å². The van der Waals surface area contributed by atoms with Gasteiger partial charge < -0.3 is 10.2 Å². The summed E-state index contributed by atoms with van der Waals surface area (Å²) in [5, 5.41) is 18.7. The lowest BCUT2D eigenvalue weighted by molar-refractivity contribution is -0.126. The van der Waals surface area contributed by atoms with Crippen LogP contribution in [0.25, 0.3) is 0 Å². The molecule has 0 aromatic rings. The van der Waals surface area contributed by atoms with Crippen molar-refractivity contribution in [3.8, 4) is 0 Å². The molecule has 0 radical (unpaired) electrons. The van der Waals surface area contributed by atoms with Gasteiger partial charge in [-0.15, -0.1) is 0 Å². The van der Waals surface area contributed by atoms with Gasteiger partial charge in [-0.25, -0.2) is 0 Å². The van der Waals surface area contributed by atoms with Gasteiger partial charge in [0.1, 0.15) is 0 Å². The van der Waals surface area contributed by atoms with Crippen LogP contribution in [0, 0.1) is 17.8 Å². The molecule has 1 saturated heterocycles. The third kappa shape index (κ3) is 2.03. The molecule has 2 fully saturated rings. The summed E-state index contributed by atoms with van der Waals surface area (Å²) in [5.74, 6) is 3.68. The summed E-state index contributed by atoms with van der Waals surface area (Å²) in [5.41, 5.74) is 0. The fraction of sp³-hybridized carbons (Fsp3) is 1.00. The van der Waals surface area contributed by atoms with Crippen molar-refractivity contribution in [1.82, 2.24) is 0 Å². The number of aliphatic hydroxyl groups excluding tert-OH is 1. The zero-order valence-corrected chi connectivity index (χ0v) is 8.67. The van der Waals surface area contributed by atoms with Gasteiger partial charge in [0.25, 0.3) is 0 Å². The van der Waals surface area contributed by atoms with Gasteiger partial charge >= 0.3 is 0 Å². The van der Waals surface area contributed by atoms with Crippen molar-refractivity contribution < 1.29 is 10.2 Å². The first-order valence-corrected chi connectivity index (χ1v) is 6.38. The first kappa shape index (κ1) is 9.81. The highest BCUT2D eigenvalue weighted by atomic mass is 32.2. The van der Waals surface area contributed by atoms with E-state index < -0.39 is 6.29 Å². The lowest BCUT2D eigenvalue weighted by Crippen LogP contribution is -2.37.